The van der Waals surface area contributed by atoms with E-state index >= 15 is 0 Å². The monoisotopic (exact) mass is 226 g/mol. The van der Waals surface area contributed by atoms with Crippen LogP contribution in [-0.2, 0) is 16.1 Å². The second kappa shape index (κ2) is 5.65. The minimum Gasteiger partial charge on any atom is -0.465 e. The van der Waals surface area contributed by atoms with Crippen molar-refractivity contribution in [2.24, 2.45) is 0 Å². The third-order valence-corrected chi connectivity index (χ3v) is 2.18. The zero-order valence-electron chi connectivity index (χ0n) is 10.2. The summed E-state index contributed by atoms with van der Waals surface area (Å²) in [5, 5.41) is 0. The number of likely N-dealkylation sites (N-methyl/N-ethyl adjacent to an activating group) is 1. The maximum absolute atomic E-state index is 11.2. The molecule has 0 bridgehead atoms. The van der Waals surface area contributed by atoms with Crippen LogP contribution in [0, 0.1) is 13.8 Å². The molecule has 0 aliphatic carbocycles. The van der Waals surface area contributed by atoms with Gasteiger partial charge in [0.25, 0.3) is 0 Å². The van der Waals surface area contributed by atoms with Gasteiger partial charge in [-0.15, -0.1) is 0 Å². The van der Waals surface area contributed by atoms with Gasteiger partial charge >= 0.3 is 5.97 Å². The summed E-state index contributed by atoms with van der Waals surface area (Å²) in [5.74, 6) is 1.21. The number of carbonyl (C=O) groups is 1. The molecule has 1 heterocycles. The first-order chi connectivity index (χ1) is 7.52. The van der Waals surface area contributed by atoms with Crippen molar-refractivity contribution in [3.63, 3.8) is 0 Å². The van der Waals surface area contributed by atoms with Gasteiger partial charge in [0.15, 0.2) is 0 Å². The quantitative estimate of drug-likeness (QED) is 0.708. The van der Waals surface area contributed by atoms with Crippen molar-refractivity contribution in [1.82, 2.24) is 9.88 Å². The number of esters is 1. The van der Waals surface area contributed by atoms with E-state index in [4.69, 9.17) is 9.15 Å². The van der Waals surface area contributed by atoms with E-state index in [9.17, 15) is 4.79 Å². The first-order valence-corrected chi connectivity index (χ1v) is 5.30. The maximum Gasteiger partial charge on any atom is 0.320 e. The van der Waals surface area contributed by atoms with Crippen molar-refractivity contribution in [2.75, 3.05) is 20.2 Å². The van der Waals surface area contributed by atoms with E-state index in [1.54, 1.807) is 6.92 Å². The average molecular weight is 226 g/mol. The second-order valence-corrected chi connectivity index (χ2v) is 3.73. The molecule has 0 aliphatic rings. The number of hydrogen-bond acceptors (Lipinski definition) is 5. The third kappa shape index (κ3) is 3.66. The normalized spacial score (nSPS) is 10.8. The summed E-state index contributed by atoms with van der Waals surface area (Å²) >= 11 is 0. The van der Waals surface area contributed by atoms with E-state index in [-0.39, 0.29) is 12.5 Å². The number of nitrogens with zero attached hydrogens (tertiary/aromatic N) is 2. The number of aryl methyl sites for hydroxylation is 2. The molecule has 0 aliphatic heterocycles. The smallest absolute Gasteiger partial charge is 0.320 e. The van der Waals surface area contributed by atoms with Gasteiger partial charge in [0.05, 0.1) is 25.4 Å². The summed E-state index contributed by atoms with van der Waals surface area (Å²) in [5.41, 5.74) is 0.888. The fourth-order valence-electron chi connectivity index (χ4n) is 1.32. The number of oxazole rings is 1. The van der Waals surface area contributed by atoms with Crippen LogP contribution in [0.15, 0.2) is 4.42 Å². The largest absolute Gasteiger partial charge is 0.465 e. The molecule has 0 saturated carbocycles. The van der Waals surface area contributed by atoms with Crippen LogP contribution in [0.3, 0.4) is 0 Å². The van der Waals surface area contributed by atoms with Gasteiger partial charge in [-0.1, -0.05) is 0 Å². The second-order valence-electron chi connectivity index (χ2n) is 3.73. The van der Waals surface area contributed by atoms with Gasteiger partial charge in [0, 0.05) is 0 Å². The molecule has 0 spiro atoms. The lowest BCUT2D eigenvalue weighted by atomic mass is 10.4. The maximum atomic E-state index is 11.2. The predicted molar refractivity (Wildman–Crippen MR) is 58.9 cm³/mol. The standard InChI is InChI=1S/C11H18N2O3/c1-5-15-11(14)7-13(4)6-10-12-8(2)9(3)16-10/h5-7H2,1-4H3. The minimum atomic E-state index is -0.231. The molecule has 0 unspecified atom stereocenters. The molecule has 5 heteroatoms. The topological polar surface area (TPSA) is 55.6 Å². The number of rotatable bonds is 5. The summed E-state index contributed by atoms with van der Waals surface area (Å²) < 4.78 is 10.3. The predicted octanol–water partition coefficient (Wildman–Crippen LogP) is 1.29. The summed E-state index contributed by atoms with van der Waals surface area (Å²) in [4.78, 5) is 17.3. The molecule has 5 nitrogen and oxygen atoms in total. The highest BCUT2D eigenvalue weighted by molar-refractivity contribution is 5.71. The lowest BCUT2D eigenvalue weighted by Gasteiger charge is -2.12. The Hall–Kier alpha value is -1.36. The number of aromatic nitrogens is 1. The van der Waals surface area contributed by atoms with E-state index in [0.29, 0.717) is 19.0 Å². The van der Waals surface area contributed by atoms with E-state index < -0.39 is 0 Å². The summed E-state index contributed by atoms with van der Waals surface area (Å²) in [6.45, 7) is 6.72. The fourth-order valence-corrected chi connectivity index (χ4v) is 1.32. The molecule has 1 aromatic rings. The fraction of sp³-hybridized carbons (Fsp3) is 0.636. The van der Waals surface area contributed by atoms with Gasteiger partial charge in [-0.2, -0.15) is 0 Å². The summed E-state index contributed by atoms with van der Waals surface area (Å²) in [7, 11) is 1.83. The Balaban J connectivity index is 2.45. The molecule has 16 heavy (non-hydrogen) atoms. The lowest BCUT2D eigenvalue weighted by molar-refractivity contribution is -0.144. The van der Waals surface area contributed by atoms with E-state index in [1.165, 1.54) is 0 Å². The highest BCUT2D eigenvalue weighted by Crippen LogP contribution is 2.09. The Morgan fingerprint density at radius 1 is 1.50 bits per heavy atom. The molecule has 0 aromatic carbocycles. The first-order valence-electron chi connectivity index (χ1n) is 5.30. The van der Waals surface area contributed by atoms with Crippen LogP contribution in [-0.4, -0.2) is 36.1 Å². The molecule has 0 saturated heterocycles. The van der Waals surface area contributed by atoms with Crippen molar-refractivity contribution in [3.05, 3.63) is 17.3 Å². The number of carbonyl (C=O) groups excluding carboxylic acids is 1. The minimum absolute atomic E-state index is 0.231. The third-order valence-electron chi connectivity index (χ3n) is 2.18. The molecule has 0 fully saturated rings. The van der Waals surface area contributed by atoms with Crippen LogP contribution in [0.4, 0.5) is 0 Å². The highest BCUT2D eigenvalue weighted by atomic mass is 16.5. The van der Waals surface area contributed by atoms with Gasteiger partial charge in [-0.25, -0.2) is 4.98 Å². The van der Waals surface area contributed by atoms with Crippen LogP contribution in [0.2, 0.25) is 0 Å². The zero-order valence-corrected chi connectivity index (χ0v) is 10.2. The Labute approximate surface area is 95.4 Å². The highest BCUT2D eigenvalue weighted by Gasteiger charge is 2.11. The SMILES string of the molecule is CCOC(=O)CN(C)Cc1nc(C)c(C)o1. The molecular formula is C11H18N2O3. The van der Waals surface area contributed by atoms with Crippen LogP contribution in [0.5, 0.6) is 0 Å². The Kier molecular flexibility index (Phi) is 4.49. The van der Waals surface area contributed by atoms with Gasteiger partial charge in [-0.3, -0.25) is 9.69 Å². The van der Waals surface area contributed by atoms with Crippen molar-refractivity contribution < 1.29 is 13.9 Å². The van der Waals surface area contributed by atoms with Crippen LogP contribution in [0.25, 0.3) is 0 Å². The Bertz CT molecular complexity index is 341. The van der Waals surface area contributed by atoms with Crippen LogP contribution < -0.4 is 0 Å². The molecule has 0 amide bonds. The molecule has 1 aromatic heterocycles. The molecule has 0 N–H and O–H groups in total. The Morgan fingerprint density at radius 3 is 2.69 bits per heavy atom. The van der Waals surface area contributed by atoms with Gasteiger partial charge < -0.3 is 9.15 Å². The van der Waals surface area contributed by atoms with Gasteiger partial charge in [0.1, 0.15) is 5.76 Å². The molecule has 0 radical (unpaired) electrons. The van der Waals surface area contributed by atoms with Crippen molar-refractivity contribution in [3.8, 4) is 0 Å². The average Bonchev–Trinajstić information content (AvgIpc) is 2.45. The summed E-state index contributed by atoms with van der Waals surface area (Å²) in [6, 6.07) is 0. The van der Waals surface area contributed by atoms with Crippen molar-refractivity contribution >= 4 is 5.97 Å². The molecular weight excluding hydrogens is 208 g/mol. The summed E-state index contributed by atoms with van der Waals surface area (Å²) in [6.07, 6.45) is 0. The van der Waals surface area contributed by atoms with E-state index in [0.717, 1.165) is 11.5 Å². The number of hydrogen-bond donors (Lipinski definition) is 0. The van der Waals surface area contributed by atoms with Crippen LogP contribution in [0.1, 0.15) is 24.3 Å². The van der Waals surface area contributed by atoms with E-state index in [2.05, 4.69) is 4.98 Å². The van der Waals surface area contributed by atoms with Crippen molar-refractivity contribution in [1.29, 1.82) is 0 Å². The molecule has 0 atom stereocenters. The number of ether oxygens (including phenoxy) is 1. The van der Waals surface area contributed by atoms with Crippen LogP contribution >= 0.6 is 0 Å². The van der Waals surface area contributed by atoms with Gasteiger partial charge in [0.2, 0.25) is 5.89 Å². The van der Waals surface area contributed by atoms with E-state index in [1.807, 2.05) is 25.8 Å². The zero-order chi connectivity index (χ0) is 12.1. The Morgan fingerprint density at radius 2 is 2.19 bits per heavy atom. The van der Waals surface area contributed by atoms with Crippen molar-refractivity contribution in [2.45, 2.75) is 27.3 Å². The van der Waals surface area contributed by atoms with Gasteiger partial charge in [-0.05, 0) is 27.8 Å². The lowest BCUT2D eigenvalue weighted by Crippen LogP contribution is -2.27. The first kappa shape index (κ1) is 12.7. The molecule has 90 valence electrons. The molecule has 1 rings (SSSR count).